The van der Waals surface area contributed by atoms with Crippen LogP contribution in [0.4, 0.5) is 13.2 Å². The Kier molecular flexibility index (Phi) is 2.83. The highest BCUT2D eigenvalue weighted by Crippen LogP contribution is 2.41. The summed E-state index contributed by atoms with van der Waals surface area (Å²) in [7, 11) is 2.29. The van der Waals surface area contributed by atoms with Gasteiger partial charge in [-0.15, -0.1) is 0 Å². The highest BCUT2D eigenvalue weighted by Gasteiger charge is 2.38. The van der Waals surface area contributed by atoms with E-state index in [9.17, 15) is 13.2 Å². The Balaban J connectivity index is 3.34. The molecule has 0 unspecified atom stereocenters. The second-order valence-electron chi connectivity index (χ2n) is 2.42. The van der Waals surface area contributed by atoms with Crippen LogP contribution in [0, 0.1) is 0 Å². The van der Waals surface area contributed by atoms with Gasteiger partial charge in [-0.2, -0.15) is 13.2 Å². The van der Waals surface area contributed by atoms with E-state index < -0.39 is 11.7 Å². The van der Waals surface area contributed by atoms with Crippen LogP contribution in [-0.4, -0.2) is 19.2 Å². The number of hydrogen-bond acceptors (Lipinski definition) is 3. The van der Waals surface area contributed by atoms with Gasteiger partial charge in [0.2, 0.25) is 0 Å². The molecule has 3 nitrogen and oxygen atoms in total. The Morgan fingerprint density at radius 2 is 1.50 bits per heavy atom. The minimum atomic E-state index is -4.51. The molecule has 0 spiro atoms. The fraction of sp³-hybridized carbons (Fsp3) is 0.375. The summed E-state index contributed by atoms with van der Waals surface area (Å²) in [6.45, 7) is 0. The number of halogens is 3. The Bertz CT molecular complexity index is 303. The Labute approximate surface area is 78.5 Å². The number of hydrogen-bond donors (Lipinski definition) is 0. The van der Waals surface area contributed by atoms with E-state index in [1.54, 1.807) is 0 Å². The Morgan fingerprint density at radius 1 is 1.07 bits per heavy atom. The first kappa shape index (κ1) is 10.6. The van der Waals surface area contributed by atoms with Crippen molar-refractivity contribution in [2.75, 3.05) is 14.2 Å². The average molecular weight is 207 g/mol. The third kappa shape index (κ3) is 1.89. The molecule has 0 saturated carbocycles. The molecule has 0 saturated heterocycles. The van der Waals surface area contributed by atoms with E-state index in [2.05, 4.69) is 14.5 Å². The maximum absolute atomic E-state index is 12.5. The fourth-order valence-corrected chi connectivity index (χ4v) is 1.01. The first-order valence-corrected chi connectivity index (χ1v) is 3.64. The lowest BCUT2D eigenvalue weighted by Gasteiger charge is -2.14. The summed E-state index contributed by atoms with van der Waals surface area (Å²) in [6, 6.07) is 0. The number of pyridine rings is 1. The van der Waals surface area contributed by atoms with Gasteiger partial charge in [-0.05, 0) is 0 Å². The lowest BCUT2D eigenvalue weighted by atomic mass is 10.2. The zero-order valence-corrected chi connectivity index (χ0v) is 7.55. The monoisotopic (exact) mass is 207 g/mol. The number of rotatable bonds is 2. The molecule has 0 N–H and O–H groups in total. The van der Waals surface area contributed by atoms with Gasteiger partial charge in [-0.3, -0.25) is 4.98 Å². The third-order valence-electron chi connectivity index (χ3n) is 1.60. The lowest BCUT2D eigenvalue weighted by Crippen LogP contribution is -2.10. The Hall–Kier alpha value is -1.46. The number of ether oxygens (including phenoxy) is 2. The average Bonchev–Trinajstić information content (AvgIpc) is 2.15. The van der Waals surface area contributed by atoms with Crippen LogP contribution in [0.25, 0.3) is 0 Å². The molecule has 1 aromatic rings. The van der Waals surface area contributed by atoms with Crippen molar-refractivity contribution in [3.05, 3.63) is 18.0 Å². The van der Waals surface area contributed by atoms with Gasteiger partial charge in [0, 0.05) is 0 Å². The van der Waals surface area contributed by atoms with Gasteiger partial charge < -0.3 is 9.47 Å². The molecular formula is C8H8F3NO2. The van der Waals surface area contributed by atoms with E-state index in [-0.39, 0.29) is 11.5 Å². The normalized spacial score (nSPS) is 11.2. The van der Waals surface area contributed by atoms with Crippen LogP contribution in [0.2, 0.25) is 0 Å². The summed E-state index contributed by atoms with van der Waals surface area (Å²) in [5.74, 6) is -0.700. The second kappa shape index (κ2) is 3.73. The van der Waals surface area contributed by atoms with E-state index in [0.29, 0.717) is 0 Å². The lowest BCUT2D eigenvalue weighted by molar-refractivity contribution is -0.140. The quantitative estimate of drug-likeness (QED) is 0.744. The van der Waals surface area contributed by atoms with E-state index in [1.807, 2.05) is 0 Å². The highest BCUT2D eigenvalue weighted by atomic mass is 19.4. The molecule has 0 fully saturated rings. The van der Waals surface area contributed by atoms with E-state index >= 15 is 0 Å². The van der Waals surface area contributed by atoms with Crippen molar-refractivity contribution < 1.29 is 22.6 Å². The largest absolute Gasteiger partial charge is 0.494 e. The number of methoxy groups -OCH3 is 2. The van der Waals surface area contributed by atoms with Crippen molar-refractivity contribution in [3.63, 3.8) is 0 Å². The molecule has 0 atom stereocenters. The van der Waals surface area contributed by atoms with Gasteiger partial charge in [0.25, 0.3) is 0 Å². The van der Waals surface area contributed by atoms with Gasteiger partial charge >= 0.3 is 6.18 Å². The van der Waals surface area contributed by atoms with Crippen LogP contribution >= 0.6 is 0 Å². The molecule has 14 heavy (non-hydrogen) atoms. The molecule has 0 bridgehead atoms. The molecular weight excluding hydrogens is 199 g/mol. The molecule has 0 aliphatic carbocycles. The van der Waals surface area contributed by atoms with Gasteiger partial charge in [0.05, 0.1) is 26.6 Å². The first-order valence-electron chi connectivity index (χ1n) is 3.64. The molecule has 0 aliphatic heterocycles. The van der Waals surface area contributed by atoms with Crippen LogP contribution in [0.5, 0.6) is 11.5 Å². The van der Waals surface area contributed by atoms with Gasteiger partial charge in [0.15, 0.2) is 11.5 Å². The highest BCUT2D eigenvalue weighted by molar-refractivity contribution is 5.43. The third-order valence-corrected chi connectivity index (χ3v) is 1.60. The van der Waals surface area contributed by atoms with Crippen LogP contribution in [-0.2, 0) is 6.18 Å². The fourth-order valence-electron chi connectivity index (χ4n) is 1.01. The zero-order valence-electron chi connectivity index (χ0n) is 7.55. The van der Waals surface area contributed by atoms with E-state index in [0.717, 1.165) is 26.6 Å². The van der Waals surface area contributed by atoms with Crippen molar-refractivity contribution in [3.8, 4) is 11.5 Å². The smallest absolute Gasteiger partial charge is 0.423 e. The first-order chi connectivity index (χ1) is 6.50. The molecule has 0 aliphatic rings. The Morgan fingerprint density at radius 3 is 1.79 bits per heavy atom. The summed E-state index contributed by atoms with van der Waals surface area (Å²) in [5.41, 5.74) is -0.947. The second-order valence-corrected chi connectivity index (χ2v) is 2.42. The van der Waals surface area contributed by atoms with E-state index in [1.165, 1.54) is 0 Å². The van der Waals surface area contributed by atoms with Crippen molar-refractivity contribution in [2.24, 2.45) is 0 Å². The van der Waals surface area contributed by atoms with Crippen LogP contribution in [0.3, 0.4) is 0 Å². The molecule has 1 heterocycles. The maximum Gasteiger partial charge on any atom is 0.423 e. The van der Waals surface area contributed by atoms with Crippen molar-refractivity contribution in [2.45, 2.75) is 6.18 Å². The summed E-state index contributed by atoms with van der Waals surface area (Å²) in [5, 5.41) is 0. The summed E-state index contributed by atoms with van der Waals surface area (Å²) >= 11 is 0. The van der Waals surface area contributed by atoms with Crippen LogP contribution in [0.15, 0.2) is 12.4 Å². The summed E-state index contributed by atoms with van der Waals surface area (Å²) in [6.07, 6.45) is -2.53. The van der Waals surface area contributed by atoms with E-state index in [4.69, 9.17) is 0 Å². The molecule has 0 radical (unpaired) electrons. The molecule has 6 heteroatoms. The molecule has 1 aromatic heterocycles. The predicted molar refractivity (Wildman–Crippen MR) is 42.3 cm³/mol. The molecule has 0 aromatic carbocycles. The van der Waals surface area contributed by atoms with Crippen LogP contribution < -0.4 is 9.47 Å². The van der Waals surface area contributed by atoms with Gasteiger partial charge in [-0.1, -0.05) is 0 Å². The van der Waals surface area contributed by atoms with Crippen molar-refractivity contribution in [1.82, 2.24) is 4.98 Å². The molecule has 78 valence electrons. The predicted octanol–water partition coefficient (Wildman–Crippen LogP) is 2.12. The van der Waals surface area contributed by atoms with Crippen molar-refractivity contribution in [1.29, 1.82) is 0 Å². The van der Waals surface area contributed by atoms with Crippen LogP contribution in [0.1, 0.15) is 5.56 Å². The van der Waals surface area contributed by atoms with Gasteiger partial charge in [-0.25, -0.2) is 0 Å². The minimum Gasteiger partial charge on any atom is -0.494 e. The van der Waals surface area contributed by atoms with Crippen molar-refractivity contribution >= 4 is 0 Å². The zero-order chi connectivity index (χ0) is 10.8. The summed E-state index contributed by atoms with van der Waals surface area (Å²) in [4.78, 5) is 3.55. The minimum absolute atomic E-state index is 0.350. The molecule has 1 rings (SSSR count). The topological polar surface area (TPSA) is 31.4 Å². The maximum atomic E-state index is 12.5. The number of aromatic nitrogens is 1. The SMILES string of the molecule is COc1cncc(OC)c1C(F)(F)F. The standard InChI is InChI=1S/C8H8F3NO2/c1-13-5-3-12-4-6(14-2)7(5)8(9,10)11/h3-4H,1-2H3. The molecule has 0 amide bonds. The summed E-state index contributed by atoms with van der Waals surface area (Å²) < 4.78 is 46.6. The van der Waals surface area contributed by atoms with Gasteiger partial charge in [0.1, 0.15) is 5.56 Å². The number of nitrogens with zero attached hydrogens (tertiary/aromatic N) is 1. The number of alkyl halides is 3.